The van der Waals surface area contributed by atoms with E-state index in [1.165, 1.54) is 6.07 Å². The number of nitriles is 1. The van der Waals surface area contributed by atoms with Crippen molar-refractivity contribution in [2.24, 2.45) is 0 Å². The second-order valence-electron chi connectivity index (χ2n) is 6.91. The third kappa shape index (κ3) is 4.44. The number of piperidine rings is 1. The van der Waals surface area contributed by atoms with Crippen molar-refractivity contribution in [2.75, 3.05) is 42.3 Å². The molecule has 1 atom stereocenters. The lowest BCUT2D eigenvalue weighted by molar-refractivity contribution is -0.137. The van der Waals surface area contributed by atoms with E-state index in [9.17, 15) is 13.2 Å². The minimum Gasteiger partial charge on any atom is -0.369 e. The Bertz CT molecular complexity index is 875. The summed E-state index contributed by atoms with van der Waals surface area (Å²) in [5.74, 6) is 1.26. The van der Waals surface area contributed by atoms with Gasteiger partial charge in [0.05, 0.1) is 17.2 Å². The molecule has 1 N–H and O–H groups in total. The normalized spacial score (nSPS) is 17.1. The third-order valence-corrected chi connectivity index (χ3v) is 4.61. The summed E-state index contributed by atoms with van der Waals surface area (Å²) < 4.78 is 39.7. The second-order valence-corrected chi connectivity index (χ2v) is 6.91. The lowest BCUT2D eigenvalue weighted by Gasteiger charge is -2.35. The number of aromatic nitrogens is 2. The molecule has 3 rings (SSSR count). The number of halogens is 3. The maximum absolute atomic E-state index is 13.2. The fraction of sp³-hybridized carbons (Fsp3) is 0.421. The second kappa shape index (κ2) is 7.92. The summed E-state index contributed by atoms with van der Waals surface area (Å²) >= 11 is 0. The molecule has 1 unspecified atom stereocenters. The molecule has 1 saturated heterocycles. The van der Waals surface area contributed by atoms with Gasteiger partial charge in [0.1, 0.15) is 5.82 Å². The van der Waals surface area contributed by atoms with Gasteiger partial charge in [-0.25, -0.2) is 4.98 Å². The van der Waals surface area contributed by atoms with Crippen molar-refractivity contribution in [3.63, 3.8) is 0 Å². The molecule has 0 amide bonds. The molecule has 28 heavy (non-hydrogen) atoms. The van der Waals surface area contributed by atoms with Crippen LogP contribution in [0.3, 0.4) is 0 Å². The van der Waals surface area contributed by atoms with E-state index in [0.29, 0.717) is 30.5 Å². The summed E-state index contributed by atoms with van der Waals surface area (Å²) in [5.41, 5.74) is -0.788. The molecule has 0 saturated carbocycles. The first kappa shape index (κ1) is 19.7. The Hall–Kier alpha value is -3.02. The third-order valence-electron chi connectivity index (χ3n) is 4.61. The van der Waals surface area contributed by atoms with Gasteiger partial charge in [-0.05, 0) is 37.1 Å². The number of nitrogens with zero attached hydrogens (tertiary/aromatic N) is 5. The molecule has 2 aromatic rings. The molecule has 0 spiro atoms. The standard InChI is InChI=1S/C19H21F3N6/c1-27(2)18-24-8-7-17(26-18)25-14-4-3-9-28(12-14)15-6-5-13(11-23)16(10-15)19(20,21)22/h5-8,10,14H,3-4,9,12H2,1-2H3,(H,24,25,26). The number of benzene rings is 1. The van der Waals surface area contributed by atoms with E-state index in [2.05, 4.69) is 15.3 Å². The van der Waals surface area contributed by atoms with Crippen LogP contribution >= 0.6 is 0 Å². The summed E-state index contributed by atoms with van der Waals surface area (Å²) in [6.07, 6.45) is -1.16. The Morgan fingerprint density at radius 3 is 2.75 bits per heavy atom. The van der Waals surface area contributed by atoms with Crippen molar-refractivity contribution in [1.82, 2.24) is 9.97 Å². The molecule has 6 nitrogen and oxygen atoms in total. The van der Waals surface area contributed by atoms with E-state index in [4.69, 9.17) is 5.26 Å². The molecule has 148 valence electrons. The number of hydrogen-bond donors (Lipinski definition) is 1. The number of hydrogen-bond acceptors (Lipinski definition) is 6. The van der Waals surface area contributed by atoms with Crippen LogP contribution in [-0.2, 0) is 6.18 Å². The summed E-state index contributed by atoms with van der Waals surface area (Å²) in [5, 5.41) is 12.3. The maximum Gasteiger partial charge on any atom is 0.417 e. The fourth-order valence-corrected chi connectivity index (χ4v) is 3.24. The highest BCUT2D eigenvalue weighted by Crippen LogP contribution is 2.35. The first-order valence-electron chi connectivity index (χ1n) is 8.91. The van der Waals surface area contributed by atoms with Crippen LogP contribution in [0.15, 0.2) is 30.5 Å². The van der Waals surface area contributed by atoms with E-state index in [0.717, 1.165) is 18.9 Å². The fourth-order valence-electron chi connectivity index (χ4n) is 3.24. The largest absolute Gasteiger partial charge is 0.417 e. The van der Waals surface area contributed by atoms with E-state index in [-0.39, 0.29) is 11.6 Å². The van der Waals surface area contributed by atoms with Crippen LogP contribution < -0.4 is 15.1 Å². The zero-order valence-corrected chi connectivity index (χ0v) is 15.7. The van der Waals surface area contributed by atoms with Crippen molar-refractivity contribution < 1.29 is 13.2 Å². The van der Waals surface area contributed by atoms with Crippen LogP contribution in [0.2, 0.25) is 0 Å². The molecule has 9 heteroatoms. The average molecular weight is 390 g/mol. The molecular weight excluding hydrogens is 369 g/mol. The summed E-state index contributed by atoms with van der Waals surface area (Å²) in [6.45, 7) is 1.21. The van der Waals surface area contributed by atoms with Crippen molar-refractivity contribution in [1.29, 1.82) is 5.26 Å². The molecule has 1 aliphatic rings. The Morgan fingerprint density at radius 2 is 2.07 bits per heavy atom. The molecule has 0 bridgehead atoms. The highest BCUT2D eigenvalue weighted by molar-refractivity contribution is 5.55. The first-order chi connectivity index (χ1) is 13.3. The Kier molecular flexibility index (Phi) is 5.58. The van der Waals surface area contributed by atoms with Crippen LogP contribution in [0, 0.1) is 11.3 Å². The summed E-state index contributed by atoms with van der Waals surface area (Å²) in [6, 6.07) is 7.32. The predicted molar refractivity (Wildman–Crippen MR) is 101 cm³/mol. The SMILES string of the molecule is CN(C)c1nccc(NC2CCCN(c3ccc(C#N)c(C(F)(F)F)c3)C2)n1. The van der Waals surface area contributed by atoms with Crippen LogP contribution in [0.25, 0.3) is 0 Å². The Balaban J connectivity index is 1.77. The minimum absolute atomic E-state index is 0.0450. The molecule has 1 aliphatic heterocycles. The molecule has 2 heterocycles. The van der Waals surface area contributed by atoms with Crippen molar-refractivity contribution >= 4 is 17.5 Å². The summed E-state index contributed by atoms with van der Waals surface area (Å²) in [4.78, 5) is 12.3. The van der Waals surface area contributed by atoms with Gasteiger partial charge in [0.2, 0.25) is 5.95 Å². The van der Waals surface area contributed by atoms with Gasteiger partial charge >= 0.3 is 6.18 Å². The smallest absolute Gasteiger partial charge is 0.369 e. The topological polar surface area (TPSA) is 68.1 Å². The van der Waals surface area contributed by atoms with Gasteiger partial charge in [-0.3, -0.25) is 0 Å². The zero-order chi connectivity index (χ0) is 20.3. The van der Waals surface area contributed by atoms with Crippen molar-refractivity contribution in [3.05, 3.63) is 41.6 Å². The minimum atomic E-state index is -4.56. The lowest BCUT2D eigenvalue weighted by Crippen LogP contribution is -2.42. The first-order valence-corrected chi connectivity index (χ1v) is 8.91. The molecule has 1 fully saturated rings. The lowest BCUT2D eigenvalue weighted by atomic mass is 10.0. The number of nitrogens with one attached hydrogen (secondary N) is 1. The maximum atomic E-state index is 13.2. The van der Waals surface area contributed by atoms with E-state index < -0.39 is 11.7 Å². The average Bonchev–Trinajstić information content (AvgIpc) is 2.67. The van der Waals surface area contributed by atoms with Crippen LogP contribution in [0.1, 0.15) is 24.0 Å². The van der Waals surface area contributed by atoms with Gasteiger partial charge < -0.3 is 15.1 Å². The van der Waals surface area contributed by atoms with Crippen molar-refractivity contribution in [3.8, 4) is 6.07 Å². The van der Waals surface area contributed by atoms with Gasteiger partial charge in [0.15, 0.2) is 0 Å². The van der Waals surface area contributed by atoms with Gasteiger partial charge in [0, 0.05) is 45.1 Å². The highest BCUT2D eigenvalue weighted by atomic mass is 19.4. The van der Waals surface area contributed by atoms with Crippen LogP contribution in [0.5, 0.6) is 0 Å². The molecule has 0 radical (unpaired) electrons. The van der Waals surface area contributed by atoms with Gasteiger partial charge in [-0.2, -0.15) is 23.4 Å². The van der Waals surface area contributed by atoms with Gasteiger partial charge in [-0.15, -0.1) is 0 Å². The van der Waals surface area contributed by atoms with Crippen LogP contribution in [0.4, 0.5) is 30.6 Å². The Morgan fingerprint density at radius 1 is 1.29 bits per heavy atom. The van der Waals surface area contributed by atoms with Crippen LogP contribution in [-0.4, -0.2) is 43.2 Å². The predicted octanol–water partition coefficient (Wildman–Crippen LogP) is 3.51. The van der Waals surface area contributed by atoms with E-state index >= 15 is 0 Å². The monoisotopic (exact) mass is 390 g/mol. The van der Waals surface area contributed by atoms with Gasteiger partial charge in [0.25, 0.3) is 0 Å². The summed E-state index contributed by atoms with van der Waals surface area (Å²) in [7, 11) is 3.70. The molecule has 1 aromatic carbocycles. The Labute approximate surface area is 161 Å². The molecular formula is C19H21F3N6. The number of rotatable bonds is 4. The van der Waals surface area contributed by atoms with Gasteiger partial charge in [-0.1, -0.05) is 0 Å². The highest BCUT2D eigenvalue weighted by Gasteiger charge is 2.34. The number of anilines is 3. The van der Waals surface area contributed by atoms with E-state index in [1.807, 2.05) is 19.0 Å². The molecule has 0 aliphatic carbocycles. The van der Waals surface area contributed by atoms with Crippen molar-refractivity contribution in [2.45, 2.75) is 25.1 Å². The quantitative estimate of drug-likeness (QED) is 0.862. The molecule has 1 aromatic heterocycles. The number of alkyl halides is 3. The van der Waals surface area contributed by atoms with E-state index in [1.54, 1.807) is 29.3 Å². The zero-order valence-electron chi connectivity index (χ0n) is 15.7.